The summed E-state index contributed by atoms with van der Waals surface area (Å²) in [5, 5.41) is 3.63. The molecule has 2 aromatic rings. The van der Waals surface area contributed by atoms with Crippen molar-refractivity contribution in [1.82, 2.24) is 10.3 Å². The Bertz CT molecular complexity index is 678. The largest absolute Gasteiger partial charge is 0.461 e. The van der Waals surface area contributed by atoms with Crippen LogP contribution in [-0.2, 0) is 9.47 Å². The Hall–Kier alpha value is -2.34. The normalized spacial score (nSPS) is 12.1. The van der Waals surface area contributed by atoms with Gasteiger partial charge in [0, 0.05) is 29.6 Å². The third kappa shape index (κ3) is 3.65. The Labute approximate surface area is 128 Å². The van der Waals surface area contributed by atoms with E-state index in [0.29, 0.717) is 24.5 Å². The third-order valence-corrected chi connectivity index (χ3v) is 3.17. The molecule has 0 saturated heterocycles. The van der Waals surface area contributed by atoms with Crippen molar-refractivity contribution < 1.29 is 19.1 Å². The van der Waals surface area contributed by atoms with Gasteiger partial charge in [-0.05, 0) is 38.1 Å². The molecule has 1 aromatic heterocycles. The smallest absolute Gasteiger partial charge is 0.354 e. The lowest BCUT2D eigenvalue weighted by Crippen LogP contribution is -2.35. The molecule has 0 aliphatic carbocycles. The molecule has 0 aliphatic rings. The van der Waals surface area contributed by atoms with E-state index in [1.165, 1.54) is 0 Å². The van der Waals surface area contributed by atoms with Crippen molar-refractivity contribution in [2.24, 2.45) is 0 Å². The van der Waals surface area contributed by atoms with E-state index in [-0.39, 0.29) is 11.9 Å². The zero-order valence-electron chi connectivity index (χ0n) is 12.9. The van der Waals surface area contributed by atoms with Crippen LogP contribution < -0.4 is 5.32 Å². The van der Waals surface area contributed by atoms with Crippen molar-refractivity contribution in [3.8, 4) is 0 Å². The number of esters is 1. The number of hydrogen-bond acceptors (Lipinski definition) is 4. The van der Waals surface area contributed by atoms with Crippen molar-refractivity contribution in [1.29, 1.82) is 0 Å². The number of aromatic nitrogens is 1. The fraction of sp³-hybridized carbons (Fsp3) is 0.375. The van der Waals surface area contributed by atoms with Gasteiger partial charge in [0.25, 0.3) is 5.91 Å². The van der Waals surface area contributed by atoms with Crippen molar-refractivity contribution in [3.63, 3.8) is 0 Å². The Balaban J connectivity index is 2.19. The van der Waals surface area contributed by atoms with E-state index in [2.05, 4.69) is 10.3 Å². The van der Waals surface area contributed by atoms with Crippen LogP contribution in [0.2, 0.25) is 0 Å². The highest BCUT2D eigenvalue weighted by Crippen LogP contribution is 2.18. The first-order valence-electron chi connectivity index (χ1n) is 7.14. The summed E-state index contributed by atoms with van der Waals surface area (Å²) in [6.45, 7) is 4.39. The van der Waals surface area contributed by atoms with Gasteiger partial charge in [-0.25, -0.2) is 4.79 Å². The van der Waals surface area contributed by atoms with E-state index in [9.17, 15) is 9.59 Å². The highest BCUT2D eigenvalue weighted by molar-refractivity contribution is 6.00. The van der Waals surface area contributed by atoms with Crippen LogP contribution in [0.3, 0.4) is 0 Å². The molecule has 0 saturated carbocycles. The average Bonchev–Trinajstić information content (AvgIpc) is 2.90. The average molecular weight is 304 g/mol. The topological polar surface area (TPSA) is 80.4 Å². The SMILES string of the molecule is CCOC(=O)c1cc2cc(C(=O)N[C@H](C)COC)ccc2[nH]1. The predicted octanol–water partition coefficient (Wildman–Crippen LogP) is 2.11. The molecule has 22 heavy (non-hydrogen) atoms. The number of benzene rings is 1. The molecular weight excluding hydrogens is 284 g/mol. The van der Waals surface area contributed by atoms with Crippen LogP contribution in [0.15, 0.2) is 24.3 Å². The second-order valence-electron chi connectivity index (χ2n) is 5.04. The van der Waals surface area contributed by atoms with Gasteiger partial charge in [-0.2, -0.15) is 0 Å². The van der Waals surface area contributed by atoms with Crippen LogP contribution in [0.5, 0.6) is 0 Å². The maximum atomic E-state index is 12.1. The molecule has 1 amide bonds. The van der Waals surface area contributed by atoms with Gasteiger partial charge in [0.2, 0.25) is 0 Å². The van der Waals surface area contributed by atoms with Gasteiger partial charge in [-0.3, -0.25) is 4.79 Å². The van der Waals surface area contributed by atoms with Crippen LogP contribution in [-0.4, -0.2) is 43.2 Å². The summed E-state index contributed by atoms with van der Waals surface area (Å²) in [4.78, 5) is 26.8. The lowest BCUT2D eigenvalue weighted by molar-refractivity contribution is 0.0520. The maximum Gasteiger partial charge on any atom is 0.354 e. The van der Waals surface area contributed by atoms with Crippen molar-refractivity contribution in [2.45, 2.75) is 19.9 Å². The van der Waals surface area contributed by atoms with Crippen LogP contribution >= 0.6 is 0 Å². The fourth-order valence-electron chi connectivity index (χ4n) is 2.19. The molecule has 2 N–H and O–H groups in total. The highest BCUT2D eigenvalue weighted by atomic mass is 16.5. The van der Waals surface area contributed by atoms with E-state index >= 15 is 0 Å². The predicted molar refractivity (Wildman–Crippen MR) is 83.1 cm³/mol. The molecule has 1 heterocycles. The summed E-state index contributed by atoms with van der Waals surface area (Å²) < 4.78 is 9.94. The third-order valence-electron chi connectivity index (χ3n) is 3.17. The lowest BCUT2D eigenvalue weighted by Gasteiger charge is -2.12. The number of amides is 1. The van der Waals surface area contributed by atoms with Gasteiger partial charge in [-0.15, -0.1) is 0 Å². The number of nitrogens with one attached hydrogen (secondary N) is 2. The summed E-state index contributed by atoms with van der Waals surface area (Å²) in [5.41, 5.74) is 1.69. The van der Waals surface area contributed by atoms with E-state index in [1.54, 1.807) is 38.3 Å². The zero-order valence-corrected chi connectivity index (χ0v) is 12.9. The summed E-state index contributed by atoms with van der Waals surface area (Å²) in [5.74, 6) is -0.580. The molecule has 0 bridgehead atoms. The number of fused-ring (bicyclic) bond motifs is 1. The van der Waals surface area contributed by atoms with Crippen molar-refractivity contribution in [3.05, 3.63) is 35.5 Å². The minimum Gasteiger partial charge on any atom is -0.461 e. The number of ether oxygens (including phenoxy) is 2. The highest BCUT2D eigenvalue weighted by Gasteiger charge is 2.13. The molecule has 0 radical (unpaired) electrons. The van der Waals surface area contributed by atoms with E-state index in [4.69, 9.17) is 9.47 Å². The molecule has 118 valence electrons. The molecule has 1 aromatic carbocycles. The molecule has 0 aliphatic heterocycles. The first-order chi connectivity index (χ1) is 10.5. The molecule has 6 heteroatoms. The van der Waals surface area contributed by atoms with Gasteiger partial charge in [0.1, 0.15) is 5.69 Å². The van der Waals surface area contributed by atoms with Gasteiger partial charge in [0.15, 0.2) is 0 Å². The molecule has 0 spiro atoms. The first kappa shape index (κ1) is 16.0. The Morgan fingerprint density at radius 3 is 2.77 bits per heavy atom. The maximum absolute atomic E-state index is 12.1. The minimum atomic E-state index is -0.404. The van der Waals surface area contributed by atoms with E-state index in [1.807, 2.05) is 6.92 Å². The molecular formula is C16H20N2O4. The minimum absolute atomic E-state index is 0.0745. The number of carbonyl (C=O) groups excluding carboxylic acids is 2. The lowest BCUT2D eigenvalue weighted by atomic mass is 10.1. The summed E-state index contributed by atoms with van der Waals surface area (Å²) >= 11 is 0. The number of rotatable bonds is 6. The van der Waals surface area contributed by atoms with E-state index in [0.717, 1.165) is 10.9 Å². The van der Waals surface area contributed by atoms with Crippen molar-refractivity contribution in [2.75, 3.05) is 20.3 Å². The summed E-state index contributed by atoms with van der Waals surface area (Å²) in [7, 11) is 1.59. The zero-order chi connectivity index (χ0) is 16.1. The summed E-state index contributed by atoms with van der Waals surface area (Å²) in [6.07, 6.45) is 0. The fourth-order valence-corrected chi connectivity index (χ4v) is 2.19. The molecule has 2 rings (SSSR count). The van der Waals surface area contributed by atoms with Crippen molar-refractivity contribution >= 4 is 22.8 Å². The molecule has 0 unspecified atom stereocenters. The van der Waals surface area contributed by atoms with Gasteiger partial charge < -0.3 is 19.8 Å². The Morgan fingerprint density at radius 1 is 1.32 bits per heavy atom. The van der Waals surface area contributed by atoms with Crippen LogP contribution in [0.1, 0.15) is 34.7 Å². The quantitative estimate of drug-likeness (QED) is 0.801. The second kappa shape index (κ2) is 7.09. The second-order valence-corrected chi connectivity index (χ2v) is 5.04. The Morgan fingerprint density at radius 2 is 2.09 bits per heavy atom. The first-order valence-corrected chi connectivity index (χ1v) is 7.14. The van der Waals surface area contributed by atoms with Gasteiger partial charge in [0.05, 0.1) is 13.2 Å². The van der Waals surface area contributed by atoms with E-state index < -0.39 is 5.97 Å². The van der Waals surface area contributed by atoms with Crippen LogP contribution in [0.25, 0.3) is 10.9 Å². The molecule has 0 fully saturated rings. The van der Waals surface area contributed by atoms with Crippen LogP contribution in [0.4, 0.5) is 0 Å². The Kier molecular flexibility index (Phi) is 5.16. The summed E-state index contributed by atoms with van der Waals surface area (Å²) in [6, 6.07) is 6.83. The number of carbonyl (C=O) groups is 2. The number of hydrogen-bond donors (Lipinski definition) is 2. The number of aromatic amines is 1. The molecule has 1 atom stereocenters. The van der Waals surface area contributed by atoms with Crippen LogP contribution in [0, 0.1) is 0 Å². The monoisotopic (exact) mass is 304 g/mol. The molecule has 6 nitrogen and oxygen atoms in total. The van der Waals surface area contributed by atoms with Gasteiger partial charge >= 0.3 is 5.97 Å². The van der Waals surface area contributed by atoms with Gasteiger partial charge in [-0.1, -0.05) is 0 Å². The number of methoxy groups -OCH3 is 1. The number of H-pyrrole nitrogens is 1. The standard InChI is InChI=1S/C16H20N2O4/c1-4-22-16(20)14-8-12-7-11(5-6-13(12)18-14)15(19)17-10(2)9-21-3/h5-8,10,18H,4,9H2,1-3H3,(H,17,19)/t10-/m1/s1.